The minimum atomic E-state index is -4.41. The number of amides is 2. The van der Waals surface area contributed by atoms with Gasteiger partial charge in [0.1, 0.15) is 11.8 Å². The van der Waals surface area contributed by atoms with Gasteiger partial charge in [0.15, 0.2) is 0 Å². The van der Waals surface area contributed by atoms with Crippen LogP contribution < -0.4 is 15.4 Å². The molecule has 2 rings (SSSR count). The lowest BCUT2D eigenvalue weighted by atomic mass is 10.0. The van der Waals surface area contributed by atoms with E-state index in [4.69, 9.17) is 4.74 Å². The summed E-state index contributed by atoms with van der Waals surface area (Å²) in [5, 5.41) is 5.35. The Kier molecular flexibility index (Phi) is 7.25. The molecule has 0 aliphatic rings. The smallest absolute Gasteiger partial charge is 0.416 e. The van der Waals surface area contributed by atoms with Crippen LogP contribution in [-0.4, -0.2) is 25.0 Å². The zero-order chi connectivity index (χ0) is 21.6. The highest BCUT2D eigenvalue weighted by molar-refractivity contribution is 5.99. The molecule has 0 fully saturated rings. The minimum absolute atomic E-state index is 0.0463. The molecule has 2 aromatic carbocycles. The van der Waals surface area contributed by atoms with Crippen LogP contribution in [0.5, 0.6) is 5.75 Å². The highest BCUT2D eigenvalue weighted by Gasteiger charge is 2.30. The van der Waals surface area contributed by atoms with Crippen molar-refractivity contribution < 1.29 is 27.5 Å². The van der Waals surface area contributed by atoms with E-state index in [1.54, 1.807) is 38.1 Å². The summed E-state index contributed by atoms with van der Waals surface area (Å²) < 4.78 is 43.0. The molecule has 0 aliphatic carbocycles. The Morgan fingerprint density at radius 3 is 2.21 bits per heavy atom. The van der Waals surface area contributed by atoms with E-state index in [9.17, 15) is 22.8 Å². The number of carbonyl (C=O) groups excluding carboxylic acids is 2. The summed E-state index contributed by atoms with van der Waals surface area (Å²) in [7, 11) is 1.45. The lowest BCUT2D eigenvalue weighted by Gasteiger charge is -2.22. The highest BCUT2D eigenvalue weighted by atomic mass is 19.4. The summed E-state index contributed by atoms with van der Waals surface area (Å²) >= 11 is 0. The zero-order valence-corrected chi connectivity index (χ0v) is 16.3. The number of hydrogen-bond acceptors (Lipinski definition) is 3. The van der Waals surface area contributed by atoms with Gasteiger partial charge in [0, 0.05) is 6.54 Å². The van der Waals surface area contributed by atoms with Gasteiger partial charge in [-0.05, 0) is 35.7 Å². The lowest BCUT2D eigenvalue weighted by molar-refractivity contribution is -0.137. The fraction of sp³-hybridized carbons (Fsp3) is 0.333. The average molecular weight is 408 g/mol. The monoisotopic (exact) mass is 408 g/mol. The molecule has 8 heteroatoms. The average Bonchev–Trinajstić information content (AvgIpc) is 2.69. The van der Waals surface area contributed by atoms with Crippen molar-refractivity contribution in [2.24, 2.45) is 5.92 Å². The van der Waals surface area contributed by atoms with Crippen LogP contribution >= 0.6 is 0 Å². The molecular formula is C21H23F3N2O3. The SMILES string of the molecule is COc1ccccc1C(=O)N[C@H](C(=O)NCc1ccc(C(F)(F)F)cc1)C(C)C. The summed E-state index contributed by atoms with van der Waals surface area (Å²) in [6.45, 7) is 3.61. The van der Waals surface area contributed by atoms with E-state index < -0.39 is 29.6 Å². The van der Waals surface area contributed by atoms with Gasteiger partial charge in [-0.3, -0.25) is 9.59 Å². The summed E-state index contributed by atoms with van der Waals surface area (Å²) in [5.41, 5.74) is 0.0674. The van der Waals surface area contributed by atoms with Crippen molar-refractivity contribution in [2.45, 2.75) is 32.6 Å². The van der Waals surface area contributed by atoms with Crippen molar-refractivity contribution in [1.29, 1.82) is 0 Å². The largest absolute Gasteiger partial charge is 0.496 e. The van der Waals surface area contributed by atoms with Gasteiger partial charge in [-0.15, -0.1) is 0 Å². The Morgan fingerprint density at radius 2 is 1.66 bits per heavy atom. The molecule has 0 heterocycles. The number of carbonyl (C=O) groups is 2. The fourth-order valence-corrected chi connectivity index (χ4v) is 2.70. The number of hydrogen-bond donors (Lipinski definition) is 2. The number of para-hydroxylation sites is 1. The van der Waals surface area contributed by atoms with Crippen molar-refractivity contribution in [3.63, 3.8) is 0 Å². The molecule has 0 bridgehead atoms. The summed E-state index contributed by atoms with van der Waals surface area (Å²) in [4.78, 5) is 25.1. The first kappa shape index (κ1) is 22.3. The molecule has 5 nitrogen and oxygen atoms in total. The van der Waals surface area contributed by atoms with Gasteiger partial charge < -0.3 is 15.4 Å². The topological polar surface area (TPSA) is 67.4 Å². The van der Waals surface area contributed by atoms with E-state index in [1.165, 1.54) is 19.2 Å². The van der Waals surface area contributed by atoms with Crippen molar-refractivity contribution >= 4 is 11.8 Å². The second-order valence-corrected chi connectivity index (χ2v) is 6.81. The normalized spacial score (nSPS) is 12.4. The van der Waals surface area contributed by atoms with E-state index in [-0.39, 0.29) is 12.5 Å². The number of nitrogens with one attached hydrogen (secondary N) is 2. The number of alkyl halides is 3. The lowest BCUT2D eigenvalue weighted by Crippen LogP contribution is -2.49. The van der Waals surface area contributed by atoms with Crippen LogP contribution in [0.15, 0.2) is 48.5 Å². The molecule has 156 valence electrons. The van der Waals surface area contributed by atoms with E-state index >= 15 is 0 Å². The highest BCUT2D eigenvalue weighted by Crippen LogP contribution is 2.29. The van der Waals surface area contributed by atoms with Gasteiger partial charge in [-0.1, -0.05) is 38.1 Å². The Balaban J connectivity index is 2.03. The maximum absolute atomic E-state index is 12.6. The first-order valence-electron chi connectivity index (χ1n) is 9.01. The van der Waals surface area contributed by atoms with Gasteiger partial charge in [-0.25, -0.2) is 0 Å². The van der Waals surface area contributed by atoms with Crippen LogP contribution in [0.1, 0.15) is 35.3 Å². The maximum atomic E-state index is 12.6. The molecule has 0 unspecified atom stereocenters. The van der Waals surface area contributed by atoms with Gasteiger partial charge in [0.05, 0.1) is 18.2 Å². The number of ether oxygens (including phenoxy) is 1. The van der Waals surface area contributed by atoms with Gasteiger partial charge in [-0.2, -0.15) is 13.2 Å². The molecule has 0 aliphatic heterocycles. The molecule has 0 saturated heterocycles. The van der Waals surface area contributed by atoms with Gasteiger partial charge in [0.25, 0.3) is 5.91 Å². The van der Waals surface area contributed by atoms with Gasteiger partial charge >= 0.3 is 6.18 Å². The van der Waals surface area contributed by atoms with Crippen LogP contribution in [0.4, 0.5) is 13.2 Å². The number of rotatable bonds is 7. The first-order valence-corrected chi connectivity index (χ1v) is 9.01. The summed E-state index contributed by atoms with van der Waals surface area (Å²) in [6.07, 6.45) is -4.41. The zero-order valence-electron chi connectivity index (χ0n) is 16.3. The van der Waals surface area contributed by atoms with E-state index in [1.807, 2.05) is 0 Å². The van der Waals surface area contributed by atoms with Gasteiger partial charge in [0.2, 0.25) is 5.91 Å². The quantitative estimate of drug-likeness (QED) is 0.733. The van der Waals surface area contributed by atoms with E-state index in [0.29, 0.717) is 16.9 Å². The van der Waals surface area contributed by atoms with Crippen molar-refractivity contribution in [1.82, 2.24) is 10.6 Å². The predicted molar refractivity (Wildman–Crippen MR) is 102 cm³/mol. The first-order chi connectivity index (χ1) is 13.6. The molecule has 0 radical (unpaired) electrons. The third-order valence-corrected chi connectivity index (χ3v) is 4.34. The molecule has 0 spiro atoms. The third-order valence-electron chi connectivity index (χ3n) is 4.34. The van der Waals surface area contributed by atoms with Crippen LogP contribution in [-0.2, 0) is 17.5 Å². The van der Waals surface area contributed by atoms with Crippen molar-refractivity contribution in [3.05, 3.63) is 65.2 Å². The predicted octanol–water partition coefficient (Wildman–Crippen LogP) is 3.78. The molecule has 2 aromatic rings. The Hall–Kier alpha value is -3.03. The van der Waals surface area contributed by atoms with Crippen molar-refractivity contribution in [3.8, 4) is 5.75 Å². The van der Waals surface area contributed by atoms with Crippen molar-refractivity contribution in [2.75, 3.05) is 7.11 Å². The van der Waals surface area contributed by atoms with Crippen LogP contribution in [0, 0.1) is 5.92 Å². The second kappa shape index (κ2) is 9.45. The number of methoxy groups -OCH3 is 1. The molecule has 2 amide bonds. The molecule has 2 N–H and O–H groups in total. The van der Waals surface area contributed by atoms with Crippen LogP contribution in [0.2, 0.25) is 0 Å². The maximum Gasteiger partial charge on any atom is 0.416 e. The third kappa shape index (κ3) is 5.97. The molecule has 1 atom stereocenters. The van der Waals surface area contributed by atoms with Crippen LogP contribution in [0.3, 0.4) is 0 Å². The minimum Gasteiger partial charge on any atom is -0.496 e. The second-order valence-electron chi connectivity index (χ2n) is 6.81. The Bertz CT molecular complexity index is 849. The molecule has 0 saturated carbocycles. The number of halogens is 3. The van der Waals surface area contributed by atoms with Crippen LogP contribution in [0.25, 0.3) is 0 Å². The standard InChI is InChI=1S/C21H23F3N2O3/c1-13(2)18(26-19(27)16-6-4-5-7-17(16)29-3)20(28)25-12-14-8-10-15(11-9-14)21(22,23)24/h4-11,13,18H,12H2,1-3H3,(H,25,28)(H,26,27)/t18-/m0/s1. The summed E-state index contributed by atoms with van der Waals surface area (Å²) in [6, 6.07) is 10.4. The number of benzene rings is 2. The van der Waals surface area contributed by atoms with E-state index in [2.05, 4.69) is 10.6 Å². The Labute approximate surface area is 167 Å². The fourth-order valence-electron chi connectivity index (χ4n) is 2.70. The molecule has 29 heavy (non-hydrogen) atoms. The summed E-state index contributed by atoms with van der Waals surface area (Å²) in [5.74, 6) is -0.701. The Morgan fingerprint density at radius 1 is 1.03 bits per heavy atom. The molecular weight excluding hydrogens is 385 g/mol. The van der Waals surface area contributed by atoms with E-state index in [0.717, 1.165) is 12.1 Å². The molecule has 0 aromatic heterocycles.